The number of aliphatic hydroxyl groups excluding tert-OH is 3. The fourth-order valence-electron chi connectivity index (χ4n) is 9.15. The van der Waals surface area contributed by atoms with Gasteiger partial charge in [0.2, 0.25) is 5.60 Å². The number of hydrogen-bond donors (Lipinski definition) is 3. The first kappa shape index (κ1) is 26.2. The van der Waals surface area contributed by atoms with Crippen LogP contribution >= 0.6 is 0 Å². The fourth-order valence-corrected chi connectivity index (χ4v) is 9.15. The number of benzene rings is 1. The van der Waals surface area contributed by atoms with Gasteiger partial charge in [-0.3, -0.25) is 9.59 Å². The Balaban J connectivity index is 1.55. The molecule has 4 fully saturated rings. The van der Waals surface area contributed by atoms with Gasteiger partial charge in [-0.25, -0.2) is 9.59 Å². The molecule has 10 heteroatoms. The summed E-state index contributed by atoms with van der Waals surface area (Å²) in [5.41, 5.74) is -3.50. The Kier molecular flexibility index (Phi) is 5.67. The van der Waals surface area contributed by atoms with E-state index in [9.17, 15) is 34.5 Å². The van der Waals surface area contributed by atoms with Crippen LogP contribution in [0.1, 0.15) is 43.5 Å². The third kappa shape index (κ3) is 3.08. The molecule has 10 unspecified atom stereocenters. The molecule has 1 spiro atoms. The van der Waals surface area contributed by atoms with Crippen LogP contribution in [0.15, 0.2) is 41.7 Å². The van der Waals surface area contributed by atoms with Crippen molar-refractivity contribution in [2.24, 2.45) is 34.5 Å². The molecule has 1 aromatic carbocycles. The van der Waals surface area contributed by atoms with Crippen molar-refractivity contribution >= 4 is 23.5 Å². The van der Waals surface area contributed by atoms with Gasteiger partial charge in [0.15, 0.2) is 23.4 Å². The summed E-state index contributed by atoms with van der Waals surface area (Å²) in [6, 6.07) is 8.12. The number of rotatable bonds is 3. The number of hydrogen-bond acceptors (Lipinski definition) is 10. The lowest BCUT2D eigenvalue weighted by Crippen LogP contribution is -2.77. The summed E-state index contributed by atoms with van der Waals surface area (Å²) in [7, 11) is 1.12. The topological polar surface area (TPSA) is 157 Å². The van der Waals surface area contributed by atoms with E-state index < -0.39 is 76.0 Å². The summed E-state index contributed by atoms with van der Waals surface area (Å²) in [5.74, 6) is -5.70. The minimum Gasteiger partial charge on any atom is -0.504 e. The van der Waals surface area contributed by atoms with Gasteiger partial charge >= 0.3 is 11.9 Å². The highest BCUT2D eigenvalue weighted by atomic mass is 16.6. The second-order valence-electron chi connectivity index (χ2n) is 12.1. The summed E-state index contributed by atoms with van der Waals surface area (Å²) in [4.78, 5) is 53.3. The minimum atomic E-state index is -2.16. The molecule has 0 amide bonds. The molecule has 3 saturated carbocycles. The lowest BCUT2D eigenvalue weighted by atomic mass is 9.35. The molecule has 6 rings (SSSR count). The zero-order valence-corrected chi connectivity index (χ0v) is 22.0. The van der Waals surface area contributed by atoms with Crippen LogP contribution in [0.2, 0.25) is 0 Å². The second kappa shape index (κ2) is 8.46. The average molecular weight is 541 g/mol. The van der Waals surface area contributed by atoms with Gasteiger partial charge in [-0.2, -0.15) is 0 Å². The van der Waals surface area contributed by atoms with Gasteiger partial charge in [0.1, 0.15) is 6.10 Å². The summed E-state index contributed by atoms with van der Waals surface area (Å²) in [6.45, 7) is 3.42. The van der Waals surface area contributed by atoms with E-state index in [1.807, 2.05) is 6.92 Å². The first-order valence-electron chi connectivity index (χ1n) is 13.2. The van der Waals surface area contributed by atoms with Crippen LogP contribution in [0, 0.1) is 34.5 Å². The number of esters is 2. The molecular formula is C29H32O10. The van der Waals surface area contributed by atoms with E-state index in [1.165, 1.54) is 0 Å². The van der Waals surface area contributed by atoms with Crippen molar-refractivity contribution in [2.45, 2.75) is 57.0 Å². The normalized spacial score (nSPS) is 44.4. The van der Waals surface area contributed by atoms with Crippen molar-refractivity contribution in [3.05, 3.63) is 47.2 Å². The number of ether oxygens (including phenoxy) is 3. The standard InChI is InChI=1S/C29H32O10/c1-13-16-9-15-10-17(30)21(39-25(35)14-7-5-4-6-8-14)23-28(15)12-38-29(23,26(36)37-3)24(34)20(33)22(28)27(16,2)11-18(31)19(13)32/h4-8,15-16,20-24,32-34H,9-12H2,1-3H3. The monoisotopic (exact) mass is 540 g/mol. The van der Waals surface area contributed by atoms with Crippen molar-refractivity contribution in [3.63, 3.8) is 0 Å². The summed E-state index contributed by atoms with van der Waals surface area (Å²) < 4.78 is 17.1. The van der Waals surface area contributed by atoms with Crippen LogP contribution < -0.4 is 0 Å². The molecule has 1 aromatic rings. The van der Waals surface area contributed by atoms with Crippen LogP contribution in [0.25, 0.3) is 0 Å². The number of methoxy groups -OCH3 is 1. The molecule has 1 saturated heterocycles. The van der Waals surface area contributed by atoms with Crippen molar-refractivity contribution in [1.82, 2.24) is 0 Å². The van der Waals surface area contributed by atoms with Crippen LogP contribution in [0.4, 0.5) is 0 Å². The molecule has 1 aliphatic heterocycles. The van der Waals surface area contributed by atoms with E-state index in [0.717, 1.165) is 7.11 Å². The number of allylic oxidation sites excluding steroid dienone is 2. The summed E-state index contributed by atoms with van der Waals surface area (Å²) in [6.07, 6.45) is -4.52. The van der Waals surface area contributed by atoms with Crippen LogP contribution in [0.5, 0.6) is 0 Å². The van der Waals surface area contributed by atoms with Gasteiger partial charge in [-0.1, -0.05) is 25.1 Å². The predicted octanol–water partition coefficient (Wildman–Crippen LogP) is 1.53. The molecular weight excluding hydrogens is 508 g/mol. The smallest absolute Gasteiger partial charge is 0.341 e. The highest BCUT2D eigenvalue weighted by Gasteiger charge is 2.83. The number of Topliss-reactive ketones (excluding diaryl/α,β-unsaturated/α-hetero) is 2. The number of carbonyl (C=O) groups excluding carboxylic acids is 4. The van der Waals surface area contributed by atoms with E-state index in [4.69, 9.17) is 14.2 Å². The lowest BCUT2D eigenvalue weighted by molar-refractivity contribution is -0.265. The Hall–Kier alpha value is -3.08. The maximum Gasteiger partial charge on any atom is 0.341 e. The zero-order chi connectivity index (χ0) is 28.1. The van der Waals surface area contributed by atoms with Gasteiger partial charge in [0.25, 0.3) is 0 Å². The Morgan fingerprint density at radius 3 is 2.46 bits per heavy atom. The maximum atomic E-state index is 13.8. The molecule has 208 valence electrons. The fraction of sp³-hybridized carbons (Fsp3) is 0.586. The average Bonchev–Trinajstić information content (AvgIpc) is 3.23. The Morgan fingerprint density at radius 1 is 1.10 bits per heavy atom. The number of carbonyl (C=O) groups is 4. The minimum absolute atomic E-state index is 0.0161. The predicted molar refractivity (Wildman–Crippen MR) is 132 cm³/mol. The molecule has 3 N–H and O–H groups in total. The van der Waals surface area contributed by atoms with Crippen LogP contribution in [-0.4, -0.2) is 76.5 Å². The van der Waals surface area contributed by atoms with E-state index in [2.05, 4.69) is 0 Å². The Bertz CT molecular complexity index is 1300. The number of ketones is 2. The second-order valence-corrected chi connectivity index (χ2v) is 12.1. The van der Waals surface area contributed by atoms with Gasteiger partial charge in [-0.05, 0) is 48.3 Å². The first-order chi connectivity index (χ1) is 18.4. The Labute approximate surface area is 224 Å². The molecule has 2 bridgehead atoms. The van der Waals surface area contributed by atoms with Crippen molar-refractivity contribution in [3.8, 4) is 0 Å². The van der Waals surface area contributed by atoms with Crippen LogP contribution in [-0.2, 0) is 28.6 Å². The van der Waals surface area contributed by atoms with Gasteiger partial charge in [0, 0.05) is 24.2 Å². The highest BCUT2D eigenvalue weighted by molar-refractivity contribution is 5.96. The molecule has 39 heavy (non-hydrogen) atoms. The SMILES string of the molecule is COC(=O)C12OCC34C(CC(=O)C(OC(=O)c5ccccc5)C13)CC1C(C)=C(O)C(=O)CC1(C)C4C(O)C2O. The highest BCUT2D eigenvalue weighted by Crippen LogP contribution is 2.74. The lowest BCUT2D eigenvalue weighted by Gasteiger charge is -2.68. The van der Waals surface area contributed by atoms with Crippen molar-refractivity contribution in [2.75, 3.05) is 13.7 Å². The van der Waals surface area contributed by atoms with Crippen LogP contribution in [0.3, 0.4) is 0 Å². The molecule has 0 aromatic heterocycles. The summed E-state index contributed by atoms with van der Waals surface area (Å²) in [5, 5.41) is 33.9. The van der Waals surface area contributed by atoms with E-state index >= 15 is 0 Å². The van der Waals surface area contributed by atoms with E-state index in [-0.39, 0.29) is 36.7 Å². The van der Waals surface area contributed by atoms with Crippen molar-refractivity contribution < 1.29 is 48.7 Å². The quantitative estimate of drug-likeness (QED) is 0.481. The maximum absolute atomic E-state index is 13.8. The largest absolute Gasteiger partial charge is 0.504 e. The van der Waals surface area contributed by atoms with Gasteiger partial charge in [-0.15, -0.1) is 0 Å². The number of fused-ring (bicyclic) bond motifs is 2. The third-order valence-corrected chi connectivity index (χ3v) is 10.6. The molecule has 5 aliphatic rings. The van der Waals surface area contributed by atoms with Gasteiger partial charge < -0.3 is 29.5 Å². The third-order valence-electron chi connectivity index (χ3n) is 10.6. The zero-order valence-electron chi connectivity index (χ0n) is 22.0. The van der Waals surface area contributed by atoms with Gasteiger partial charge in [0.05, 0.1) is 31.3 Å². The molecule has 0 radical (unpaired) electrons. The van der Waals surface area contributed by atoms with E-state index in [1.54, 1.807) is 37.3 Å². The molecule has 1 heterocycles. The molecule has 10 atom stereocenters. The molecule has 10 nitrogen and oxygen atoms in total. The Morgan fingerprint density at radius 2 is 1.79 bits per heavy atom. The van der Waals surface area contributed by atoms with E-state index in [0.29, 0.717) is 12.0 Å². The number of aliphatic hydroxyl groups is 3. The summed E-state index contributed by atoms with van der Waals surface area (Å²) >= 11 is 0. The van der Waals surface area contributed by atoms with Crippen molar-refractivity contribution in [1.29, 1.82) is 0 Å². The molecule has 4 aliphatic carbocycles. The first-order valence-corrected chi connectivity index (χ1v) is 13.2.